The van der Waals surface area contributed by atoms with Crippen LogP contribution in [-0.4, -0.2) is 7.05 Å². The molecule has 1 aromatic heterocycles. The molecule has 1 heterocycles. The fraction of sp³-hybridized carbons (Fsp3) is 0.765. The van der Waals surface area contributed by atoms with Crippen LogP contribution in [0.1, 0.15) is 50.1 Å². The van der Waals surface area contributed by atoms with Gasteiger partial charge in [-0.05, 0) is 81.2 Å². The molecule has 4 bridgehead atoms. The average molecular weight is 259 g/mol. The van der Waals surface area contributed by atoms with Gasteiger partial charge in [0.2, 0.25) is 0 Å². The Hall–Kier alpha value is -0.760. The van der Waals surface area contributed by atoms with E-state index < -0.39 is 0 Å². The van der Waals surface area contributed by atoms with Crippen LogP contribution < -0.4 is 5.32 Å². The van der Waals surface area contributed by atoms with Gasteiger partial charge in [0, 0.05) is 11.6 Å². The molecule has 1 N–H and O–H groups in total. The van der Waals surface area contributed by atoms with E-state index in [-0.39, 0.29) is 0 Å². The molecule has 1 atom stereocenters. The van der Waals surface area contributed by atoms with Crippen molar-refractivity contribution in [3.8, 4) is 0 Å². The third kappa shape index (κ3) is 2.05. The minimum Gasteiger partial charge on any atom is -0.472 e. The second-order valence-corrected chi connectivity index (χ2v) is 7.23. The highest BCUT2D eigenvalue weighted by Crippen LogP contribution is 2.58. The molecular weight excluding hydrogens is 234 g/mol. The molecular formula is C17H25NO. The summed E-state index contributed by atoms with van der Waals surface area (Å²) in [4.78, 5) is 0. The molecule has 0 aromatic carbocycles. The first-order chi connectivity index (χ1) is 9.33. The Labute approximate surface area is 116 Å². The lowest BCUT2D eigenvalue weighted by Gasteiger charge is -2.55. The summed E-state index contributed by atoms with van der Waals surface area (Å²) in [7, 11) is 2.09. The topological polar surface area (TPSA) is 25.2 Å². The number of rotatable bonds is 4. The molecule has 19 heavy (non-hydrogen) atoms. The summed E-state index contributed by atoms with van der Waals surface area (Å²) < 4.78 is 5.26. The van der Waals surface area contributed by atoms with Crippen molar-refractivity contribution in [3.05, 3.63) is 24.2 Å². The van der Waals surface area contributed by atoms with Crippen molar-refractivity contribution in [1.82, 2.24) is 5.32 Å². The average Bonchev–Trinajstić information content (AvgIpc) is 2.91. The largest absolute Gasteiger partial charge is 0.472 e. The normalized spacial score (nSPS) is 41.6. The maximum atomic E-state index is 5.26. The third-order valence-electron chi connectivity index (χ3n) is 6.22. The van der Waals surface area contributed by atoms with Crippen molar-refractivity contribution in [2.45, 2.75) is 44.6 Å². The summed E-state index contributed by atoms with van der Waals surface area (Å²) in [6, 6.07) is 2.61. The predicted molar refractivity (Wildman–Crippen MR) is 75.7 cm³/mol. The molecule has 4 fully saturated rings. The highest BCUT2D eigenvalue weighted by atomic mass is 16.3. The van der Waals surface area contributed by atoms with Gasteiger partial charge in [-0.25, -0.2) is 0 Å². The van der Waals surface area contributed by atoms with Crippen molar-refractivity contribution in [2.75, 3.05) is 7.05 Å². The Balaban J connectivity index is 1.50. The number of furan rings is 1. The zero-order chi connectivity index (χ0) is 12.8. The van der Waals surface area contributed by atoms with Gasteiger partial charge in [-0.1, -0.05) is 0 Å². The molecule has 0 spiro atoms. The SMILES string of the molecule is CNC(CC1C2CC3CC(C2)CC1C3)c1ccoc1. The molecule has 0 amide bonds. The fourth-order valence-corrected chi connectivity index (χ4v) is 5.59. The van der Waals surface area contributed by atoms with Crippen molar-refractivity contribution < 1.29 is 4.42 Å². The monoisotopic (exact) mass is 259 g/mol. The molecule has 0 aliphatic heterocycles. The first kappa shape index (κ1) is 12.0. The molecule has 2 nitrogen and oxygen atoms in total. The van der Waals surface area contributed by atoms with Gasteiger partial charge in [-0.3, -0.25) is 0 Å². The van der Waals surface area contributed by atoms with Crippen LogP contribution in [0.25, 0.3) is 0 Å². The first-order valence-corrected chi connectivity index (χ1v) is 8.03. The highest BCUT2D eigenvalue weighted by Gasteiger charge is 2.48. The van der Waals surface area contributed by atoms with E-state index in [9.17, 15) is 0 Å². The van der Waals surface area contributed by atoms with Crippen LogP contribution in [-0.2, 0) is 0 Å². The van der Waals surface area contributed by atoms with Crippen LogP contribution in [0.5, 0.6) is 0 Å². The van der Waals surface area contributed by atoms with E-state index in [1.54, 1.807) is 12.7 Å². The van der Waals surface area contributed by atoms with Crippen LogP contribution in [0.4, 0.5) is 0 Å². The molecule has 104 valence electrons. The van der Waals surface area contributed by atoms with E-state index in [2.05, 4.69) is 18.4 Å². The van der Waals surface area contributed by atoms with Crippen molar-refractivity contribution in [3.63, 3.8) is 0 Å². The van der Waals surface area contributed by atoms with Crippen LogP contribution in [0.3, 0.4) is 0 Å². The minimum absolute atomic E-state index is 0.487. The third-order valence-corrected chi connectivity index (χ3v) is 6.22. The molecule has 1 unspecified atom stereocenters. The molecule has 0 saturated heterocycles. The smallest absolute Gasteiger partial charge is 0.0950 e. The highest BCUT2D eigenvalue weighted by molar-refractivity contribution is 5.12. The lowest BCUT2D eigenvalue weighted by Crippen LogP contribution is -2.46. The zero-order valence-corrected chi connectivity index (χ0v) is 11.8. The molecule has 4 aliphatic carbocycles. The lowest BCUT2D eigenvalue weighted by molar-refractivity contribution is -0.0431. The van der Waals surface area contributed by atoms with Crippen molar-refractivity contribution >= 4 is 0 Å². The maximum Gasteiger partial charge on any atom is 0.0950 e. The Bertz CT molecular complexity index is 396. The lowest BCUT2D eigenvalue weighted by atomic mass is 9.51. The quantitative estimate of drug-likeness (QED) is 0.884. The van der Waals surface area contributed by atoms with E-state index >= 15 is 0 Å². The van der Waals surface area contributed by atoms with Gasteiger partial charge >= 0.3 is 0 Å². The van der Waals surface area contributed by atoms with Gasteiger partial charge in [0.05, 0.1) is 12.5 Å². The summed E-state index contributed by atoms with van der Waals surface area (Å²) in [5.74, 6) is 5.18. The van der Waals surface area contributed by atoms with Gasteiger partial charge in [-0.2, -0.15) is 0 Å². The van der Waals surface area contributed by atoms with Crippen LogP contribution in [0.2, 0.25) is 0 Å². The van der Waals surface area contributed by atoms with Crippen LogP contribution >= 0.6 is 0 Å². The Kier molecular flexibility index (Phi) is 2.95. The molecule has 5 rings (SSSR count). The van der Waals surface area contributed by atoms with Gasteiger partial charge in [0.15, 0.2) is 0 Å². The Morgan fingerprint density at radius 1 is 1.16 bits per heavy atom. The molecule has 4 aliphatic rings. The van der Waals surface area contributed by atoms with Gasteiger partial charge in [-0.15, -0.1) is 0 Å². The van der Waals surface area contributed by atoms with E-state index in [0.29, 0.717) is 6.04 Å². The minimum atomic E-state index is 0.487. The zero-order valence-electron chi connectivity index (χ0n) is 11.8. The van der Waals surface area contributed by atoms with E-state index in [0.717, 1.165) is 29.6 Å². The van der Waals surface area contributed by atoms with Crippen molar-refractivity contribution in [1.29, 1.82) is 0 Å². The van der Waals surface area contributed by atoms with Crippen LogP contribution in [0.15, 0.2) is 23.0 Å². The number of hydrogen-bond acceptors (Lipinski definition) is 2. The number of hydrogen-bond donors (Lipinski definition) is 1. The second kappa shape index (κ2) is 4.66. The standard InChI is InChI=1S/C17H25NO/c1-18-17(13-2-3-19-10-13)9-16-14-5-11-4-12(7-14)8-15(16)6-11/h2-3,10-12,14-18H,4-9H2,1H3. The molecule has 4 saturated carbocycles. The van der Waals surface area contributed by atoms with E-state index in [1.807, 2.05) is 6.26 Å². The Morgan fingerprint density at radius 2 is 1.84 bits per heavy atom. The van der Waals surface area contributed by atoms with Gasteiger partial charge in [0.25, 0.3) is 0 Å². The molecule has 0 radical (unpaired) electrons. The van der Waals surface area contributed by atoms with Gasteiger partial charge < -0.3 is 9.73 Å². The molecule has 2 heteroatoms. The summed E-state index contributed by atoms with van der Waals surface area (Å²) in [6.45, 7) is 0. The first-order valence-electron chi connectivity index (χ1n) is 8.03. The fourth-order valence-electron chi connectivity index (χ4n) is 5.59. The maximum absolute atomic E-state index is 5.26. The summed E-state index contributed by atoms with van der Waals surface area (Å²) in [5.41, 5.74) is 1.33. The Morgan fingerprint density at radius 3 is 2.37 bits per heavy atom. The predicted octanol–water partition coefficient (Wildman–Crippen LogP) is 4.00. The van der Waals surface area contributed by atoms with E-state index in [4.69, 9.17) is 4.42 Å². The summed E-state index contributed by atoms with van der Waals surface area (Å²) in [5, 5.41) is 3.50. The second-order valence-electron chi connectivity index (χ2n) is 7.23. The van der Waals surface area contributed by atoms with E-state index in [1.165, 1.54) is 37.7 Å². The van der Waals surface area contributed by atoms with Crippen molar-refractivity contribution in [2.24, 2.45) is 29.6 Å². The van der Waals surface area contributed by atoms with Gasteiger partial charge in [0.1, 0.15) is 0 Å². The molecule has 1 aromatic rings. The summed E-state index contributed by atoms with van der Waals surface area (Å²) in [6.07, 6.45) is 12.7. The number of nitrogens with one attached hydrogen (secondary N) is 1. The van der Waals surface area contributed by atoms with Crippen LogP contribution in [0, 0.1) is 29.6 Å². The summed E-state index contributed by atoms with van der Waals surface area (Å²) >= 11 is 0.